The third kappa shape index (κ3) is 10.1. The number of carbonyl (C=O) groups excluding carboxylic acids is 1. The molecule has 0 N–H and O–H groups in total. The highest BCUT2D eigenvalue weighted by Gasteiger charge is 2.36. The second-order valence-electron chi connectivity index (χ2n) is 14.2. The number of alkyl halides is 1. The fraction of sp³-hybridized carbons (Fsp3) is 0.711. The Hall–Kier alpha value is -1.90. The zero-order chi connectivity index (χ0) is 30.0. The highest BCUT2D eigenvalue weighted by molar-refractivity contribution is 5.81. The lowest BCUT2D eigenvalue weighted by Gasteiger charge is -2.28. The largest absolute Gasteiger partial charge is 0.490 e. The summed E-state index contributed by atoms with van der Waals surface area (Å²) < 4.78 is 21.3. The summed E-state index contributed by atoms with van der Waals surface area (Å²) in [7, 11) is 0. The molecule has 3 heteroatoms. The van der Waals surface area contributed by atoms with Crippen LogP contribution in [-0.4, -0.2) is 18.1 Å². The van der Waals surface area contributed by atoms with Crippen LogP contribution in [0.3, 0.4) is 0 Å². The van der Waals surface area contributed by atoms with Crippen LogP contribution < -0.4 is 4.74 Å². The van der Waals surface area contributed by atoms with Gasteiger partial charge in [0.2, 0.25) is 0 Å². The topological polar surface area (TPSA) is 26.3 Å². The normalized spacial score (nSPS) is 23.5. The van der Waals surface area contributed by atoms with Gasteiger partial charge in [0.05, 0.1) is 6.10 Å². The average molecular weight is 567 g/mol. The number of ketones is 1. The lowest BCUT2D eigenvalue weighted by Crippen LogP contribution is -2.23. The first-order valence-corrected chi connectivity index (χ1v) is 16.9. The molecule has 0 aliphatic heterocycles. The lowest BCUT2D eigenvalue weighted by atomic mass is 9.77. The molecular formula is C38H59FO2. The summed E-state index contributed by atoms with van der Waals surface area (Å²) in [5, 5.41) is 0. The zero-order valence-corrected chi connectivity index (χ0v) is 27.3. The lowest BCUT2D eigenvalue weighted by molar-refractivity contribution is -0.124. The Labute approximate surface area is 251 Å². The fourth-order valence-electron chi connectivity index (χ4n) is 7.33. The molecule has 0 aromatic heterocycles. The number of allylic oxidation sites excluding steroid dienone is 4. The summed E-state index contributed by atoms with van der Waals surface area (Å²) in [6.45, 7) is 15.6. The van der Waals surface area contributed by atoms with Gasteiger partial charge in [0.25, 0.3) is 0 Å². The van der Waals surface area contributed by atoms with Crippen molar-refractivity contribution < 1.29 is 13.9 Å². The molecule has 2 nitrogen and oxygen atoms in total. The van der Waals surface area contributed by atoms with E-state index in [0.717, 1.165) is 50.7 Å². The van der Waals surface area contributed by atoms with Crippen LogP contribution in [0.1, 0.15) is 137 Å². The first kappa shape index (κ1) is 33.6. The molecule has 0 radical (unpaired) electrons. The van der Waals surface area contributed by atoms with E-state index in [9.17, 15) is 9.18 Å². The van der Waals surface area contributed by atoms with Gasteiger partial charge < -0.3 is 4.74 Å². The number of rotatable bonds is 17. The summed E-state index contributed by atoms with van der Waals surface area (Å²) in [4.78, 5) is 13.2. The number of benzene rings is 1. The van der Waals surface area contributed by atoms with Gasteiger partial charge in [0.15, 0.2) is 0 Å². The van der Waals surface area contributed by atoms with Crippen LogP contribution >= 0.6 is 0 Å². The van der Waals surface area contributed by atoms with E-state index in [2.05, 4.69) is 72.7 Å². The van der Waals surface area contributed by atoms with Gasteiger partial charge in [0, 0.05) is 17.9 Å². The second kappa shape index (κ2) is 16.1. The van der Waals surface area contributed by atoms with E-state index < -0.39 is 6.17 Å². The minimum Gasteiger partial charge on any atom is -0.490 e. The van der Waals surface area contributed by atoms with Crippen LogP contribution in [0.15, 0.2) is 36.4 Å². The number of halogens is 1. The zero-order valence-electron chi connectivity index (χ0n) is 27.3. The Kier molecular flexibility index (Phi) is 13.2. The molecule has 2 aliphatic carbocycles. The standard InChI is InChI=1S/C38H59FO2/c1-8-14-31-18-13-20-36(37(31)30(10-3)17-12-19-33(39)23-29-15-11-16-29)41-34-22-27(4)32(24-34)25-35(40)28(5)26-38(6,7)21-9-2/h12-13,17-20,27-29,32-34H,8-11,14-16,21-26H2,1-7H3/b19-12-,30-17+/t27?,28-,32+,33?,34+/m0/s1. The number of carbonyl (C=O) groups is 1. The molecule has 230 valence electrons. The number of ether oxygens (including phenoxy) is 1. The molecule has 1 aromatic rings. The summed E-state index contributed by atoms with van der Waals surface area (Å²) in [6.07, 6.45) is 18.1. The van der Waals surface area contributed by atoms with Crippen molar-refractivity contribution in [2.45, 2.75) is 144 Å². The molecule has 5 atom stereocenters. The molecule has 2 unspecified atom stereocenters. The van der Waals surface area contributed by atoms with Gasteiger partial charge in [-0.15, -0.1) is 0 Å². The maximum absolute atomic E-state index is 14.5. The first-order valence-electron chi connectivity index (χ1n) is 16.9. The van der Waals surface area contributed by atoms with Gasteiger partial charge in [-0.2, -0.15) is 0 Å². The molecule has 2 saturated carbocycles. The Balaban J connectivity index is 1.70. The van der Waals surface area contributed by atoms with Gasteiger partial charge in [-0.05, 0) is 85.3 Å². The molecule has 0 spiro atoms. The summed E-state index contributed by atoms with van der Waals surface area (Å²) in [5.74, 6) is 2.91. The molecule has 41 heavy (non-hydrogen) atoms. The van der Waals surface area contributed by atoms with E-state index in [-0.39, 0.29) is 17.4 Å². The van der Waals surface area contributed by atoms with E-state index in [0.29, 0.717) is 36.4 Å². The minimum absolute atomic E-state index is 0.115. The summed E-state index contributed by atoms with van der Waals surface area (Å²) in [5.41, 5.74) is 3.92. The van der Waals surface area contributed by atoms with Crippen LogP contribution in [-0.2, 0) is 11.2 Å². The number of hydrogen-bond acceptors (Lipinski definition) is 2. The molecular weight excluding hydrogens is 507 g/mol. The van der Waals surface area contributed by atoms with Crippen molar-refractivity contribution in [3.63, 3.8) is 0 Å². The molecule has 3 rings (SSSR count). The number of hydrogen-bond donors (Lipinski definition) is 0. The maximum atomic E-state index is 14.5. The molecule has 2 aliphatic rings. The van der Waals surface area contributed by atoms with Crippen molar-refractivity contribution in [2.24, 2.45) is 29.1 Å². The number of Topliss-reactive ketones (excluding diaryl/α,β-unsaturated/α-hetero) is 1. The van der Waals surface area contributed by atoms with Crippen molar-refractivity contribution in [2.75, 3.05) is 0 Å². The fourth-order valence-corrected chi connectivity index (χ4v) is 7.33. The number of aryl methyl sites for hydroxylation is 1. The van der Waals surface area contributed by atoms with Gasteiger partial charge in [-0.3, -0.25) is 4.79 Å². The highest BCUT2D eigenvalue weighted by Crippen LogP contribution is 2.41. The van der Waals surface area contributed by atoms with E-state index in [1.165, 1.54) is 42.4 Å². The molecule has 1 aromatic carbocycles. The van der Waals surface area contributed by atoms with E-state index in [1.54, 1.807) is 6.08 Å². The molecule has 0 bridgehead atoms. The Morgan fingerprint density at radius 2 is 1.90 bits per heavy atom. The second-order valence-corrected chi connectivity index (χ2v) is 14.2. The predicted octanol–water partition coefficient (Wildman–Crippen LogP) is 11.1. The first-order chi connectivity index (χ1) is 19.6. The average Bonchev–Trinajstić information content (AvgIpc) is 3.22. The maximum Gasteiger partial charge on any atom is 0.136 e. The summed E-state index contributed by atoms with van der Waals surface area (Å²) in [6, 6.07) is 6.44. The smallest absolute Gasteiger partial charge is 0.136 e. The van der Waals surface area contributed by atoms with E-state index in [1.807, 2.05) is 6.08 Å². The minimum atomic E-state index is -0.865. The van der Waals surface area contributed by atoms with Gasteiger partial charge in [0.1, 0.15) is 17.7 Å². The molecule has 0 amide bonds. The molecule has 2 fully saturated rings. The van der Waals surface area contributed by atoms with Gasteiger partial charge in [-0.25, -0.2) is 4.39 Å². The van der Waals surface area contributed by atoms with Crippen molar-refractivity contribution in [1.82, 2.24) is 0 Å². The van der Waals surface area contributed by atoms with Crippen LogP contribution in [0.4, 0.5) is 4.39 Å². The third-order valence-corrected chi connectivity index (χ3v) is 9.83. The Bertz CT molecular complexity index is 1020. The SMILES string of the molecule is CCCc1cccc(O[C@@H]2CC(C)[C@@H](CC(=O)[C@@H](C)CC(C)(C)CCC)C2)c1/C(=C/C=C\C(F)CC1CCC1)CC. The monoisotopic (exact) mass is 566 g/mol. The van der Waals surface area contributed by atoms with Gasteiger partial charge >= 0.3 is 0 Å². The van der Waals surface area contributed by atoms with Crippen LogP contribution in [0.2, 0.25) is 0 Å². The van der Waals surface area contributed by atoms with Crippen LogP contribution in [0.25, 0.3) is 5.57 Å². The van der Waals surface area contributed by atoms with Crippen molar-refractivity contribution in [3.8, 4) is 5.75 Å². The molecule has 0 saturated heterocycles. The third-order valence-electron chi connectivity index (χ3n) is 9.83. The Morgan fingerprint density at radius 3 is 2.54 bits per heavy atom. The quantitative estimate of drug-likeness (QED) is 0.175. The van der Waals surface area contributed by atoms with E-state index in [4.69, 9.17) is 4.74 Å². The van der Waals surface area contributed by atoms with Gasteiger partial charge in [-0.1, -0.05) is 111 Å². The van der Waals surface area contributed by atoms with E-state index >= 15 is 0 Å². The van der Waals surface area contributed by atoms with Crippen LogP contribution in [0.5, 0.6) is 5.75 Å². The Morgan fingerprint density at radius 1 is 1.15 bits per heavy atom. The summed E-state index contributed by atoms with van der Waals surface area (Å²) >= 11 is 0. The van der Waals surface area contributed by atoms with Crippen molar-refractivity contribution in [3.05, 3.63) is 47.6 Å². The highest BCUT2D eigenvalue weighted by atomic mass is 19.1. The van der Waals surface area contributed by atoms with Crippen LogP contribution in [0, 0.1) is 29.1 Å². The van der Waals surface area contributed by atoms with Crippen molar-refractivity contribution in [1.29, 1.82) is 0 Å². The van der Waals surface area contributed by atoms with Crippen molar-refractivity contribution >= 4 is 11.4 Å². The predicted molar refractivity (Wildman–Crippen MR) is 173 cm³/mol. The molecule has 0 heterocycles.